The minimum Gasteiger partial charge on any atom is -0.368 e. The first kappa shape index (κ1) is 25.3. The third-order valence-electron chi connectivity index (χ3n) is 7.16. The summed E-state index contributed by atoms with van der Waals surface area (Å²) in [6.07, 6.45) is 8.27. The van der Waals surface area contributed by atoms with E-state index in [-0.39, 0.29) is 12.3 Å². The number of nitrogens with one attached hydrogen (secondary N) is 3. The zero-order chi connectivity index (χ0) is 27.5. The quantitative estimate of drug-likeness (QED) is 0.174. The van der Waals surface area contributed by atoms with Crippen molar-refractivity contribution in [2.45, 2.75) is 19.3 Å². The van der Waals surface area contributed by atoms with Gasteiger partial charge in [-0.05, 0) is 36.8 Å². The smallest absolute Gasteiger partial charge is 0.243 e. The lowest BCUT2D eigenvalue weighted by Crippen LogP contribution is -2.48. The summed E-state index contributed by atoms with van der Waals surface area (Å²) in [5.41, 5.74) is 7.03. The van der Waals surface area contributed by atoms with Gasteiger partial charge in [-0.2, -0.15) is 5.10 Å². The van der Waals surface area contributed by atoms with Crippen LogP contribution in [0.15, 0.2) is 67.3 Å². The van der Waals surface area contributed by atoms with Crippen molar-refractivity contribution in [3.63, 3.8) is 0 Å². The van der Waals surface area contributed by atoms with Gasteiger partial charge >= 0.3 is 0 Å². The van der Waals surface area contributed by atoms with Crippen molar-refractivity contribution in [2.24, 2.45) is 0 Å². The lowest BCUT2D eigenvalue weighted by molar-refractivity contribution is -0.132. The van der Waals surface area contributed by atoms with E-state index in [2.05, 4.69) is 37.5 Å². The molecule has 1 fully saturated rings. The monoisotopic (exact) mass is 539 g/mol. The predicted molar refractivity (Wildman–Crippen MR) is 150 cm³/mol. The predicted octanol–water partition coefficient (Wildman–Crippen LogP) is 3.34. The summed E-state index contributed by atoms with van der Waals surface area (Å²) in [4.78, 5) is 37.1. The van der Waals surface area contributed by atoms with Gasteiger partial charge in [0, 0.05) is 79.9 Å². The van der Waals surface area contributed by atoms with E-state index in [4.69, 9.17) is 10.2 Å². The average Bonchev–Trinajstić information content (AvgIpc) is 3.67. The molecule has 0 aliphatic carbocycles. The van der Waals surface area contributed by atoms with Crippen LogP contribution in [0.1, 0.15) is 19.3 Å². The molecule has 0 atom stereocenters. The Bertz CT molecular complexity index is 1650. The molecule has 3 aromatic heterocycles. The number of piperazine rings is 1. The van der Waals surface area contributed by atoms with Gasteiger partial charge in [0.05, 0.1) is 17.4 Å². The Labute approximate surface area is 229 Å². The Hall–Kier alpha value is -4.97. The second-order valence-electron chi connectivity index (χ2n) is 9.73. The fraction of sp³-hybridized carbons (Fsp3) is 0.250. The number of hydroxylamine groups is 1. The highest BCUT2D eigenvalue weighted by Crippen LogP contribution is 2.27. The molecule has 4 heterocycles. The fourth-order valence-corrected chi connectivity index (χ4v) is 4.97. The van der Waals surface area contributed by atoms with E-state index >= 15 is 0 Å². The largest absolute Gasteiger partial charge is 0.368 e. The van der Waals surface area contributed by atoms with Gasteiger partial charge in [0.1, 0.15) is 0 Å². The number of H-pyrrole nitrogens is 1. The summed E-state index contributed by atoms with van der Waals surface area (Å²) in [5.74, 6) is 0.221. The molecule has 1 aliphatic rings. The average molecular weight is 540 g/mol. The van der Waals surface area contributed by atoms with E-state index in [1.165, 1.54) is 0 Å². The standard InChI is InChI=1S/C28H29N9O3/c38-25(34-40)2-1-3-26(39)36-14-12-35(13-15-36)22-8-6-21(7-9-22)31-27-28-29-10-11-37(28)18-24(32-27)19-4-5-20-17-30-33-23(20)16-19/h4-11,16-18,40H,1-3,12-15H2,(H,30,33)(H,31,32)(H,34,38). The third-order valence-corrected chi connectivity index (χ3v) is 7.16. The molecule has 1 aliphatic heterocycles. The number of aromatic amines is 1. The van der Waals surface area contributed by atoms with E-state index in [0.717, 1.165) is 52.3 Å². The van der Waals surface area contributed by atoms with Crippen LogP contribution >= 0.6 is 0 Å². The number of anilines is 3. The minimum absolute atomic E-state index is 0.0365. The molecule has 204 valence electrons. The first-order valence-corrected chi connectivity index (χ1v) is 13.2. The summed E-state index contributed by atoms with van der Waals surface area (Å²) < 4.78 is 1.96. The number of benzene rings is 2. The molecule has 2 aromatic carbocycles. The van der Waals surface area contributed by atoms with Gasteiger partial charge in [0.2, 0.25) is 11.8 Å². The number of nitrogens with zero attached hydrogens (tertiary/aromatic N) is 6. The SMILES string of the molecule is O=C(CCCC(=O)N1CCN(c2ccc(Nc3nc(-c4ccc5cn[nH]c5c4)cn4ccnc34)cc2)CC1)NO. The molecule has 0 spiro atoms. The highest BCUT2D eigenvalue weighted by atomic mass is 16.5. The number of amides is 2. The summed E-state index contributed by atoms with van der Waals surface area (Å²) in [5, 5.41) is 20.2. The van der Waals surface area contributed by atoms with Crippen molar-refractivity contribution in [3.05, 3.63) is 67.3 Å². The van der Waals surface area contributed by atoms with Crippen LogP contribution in [0.25, 0.3) is 27.8 Å². The van der Waals surface area contributed by atoms with Gasteiger partial charge in [0.15, 0.2) is 11.5 Å². The van der Waals surface area contributed by atoms with Crippen LogP contribution < -0.4 is 15.7 Å². The Morgan fingerprint density at radius 3 is 2.65 bits per heavy atom. The Kier molecular flexibility index (Phi) is 6.98. The van der Waals surface area contributed by atoms with Crippen molar-refractivity contribution < 1.29 is 14.8 Å². The van der Waals surface area contributed by atoms with E-state index in [1.54, 1.807) is 17.9 Å². The number of fused-ring (bicyclic) bond motifs is 2. The lowest BCUT2D eigenvalue weighted by atomic mass is 10.1. The first-order chi connectivity index (χ1) is 19.6. The molecular weight excluding hydrogens is 510 g/mol. The normalized spacial score (nSPS) is 13.6. The van der Waals surface area contributed by atoms with E-state index in [0.29, 0.717) is 31.7 Å². The van der Waals surface area contributed by atoms with E-state index < -0.39 is 5.91 Å². The van der Waals surface area contributed by atoms with Gasteiger partial charge < -0.3 is 19.5 Å². The van der Waals surface area contributed by atoms with Crippen LogP contribution in [-0.2, 0) is 9.59 Å². The zero-order valence-electron chi connectivity index (χ0n) is 21.7. The van der Waals surface area contributed by atoms with Gasteiger partial charge in [-0.1, -0.05) is 12.1 Å². The van der Waals surface area contributed by atoms with Crippen LogP contribution in [0.3, 0.4) is 0 Å². The van der Waals surface area contributed by atoms with Gasteiger partial charge in [-0.15, -0.1) is 0 Å². The van der Waals surface area contributed by atoms with Gasteiger partial charge in [-0.25, -0.2) is 15.4 Å². The molecule has 0 radical (unpaired) electrons. The lowest BCUT2D eigenvalue weighted by Gasteiger charge is -2.36. The molecule has 0 saturated carbocycles. The molecule has 6 rings (SSSR count). The number of carbonyl (C=O) groups excluding carboxylic acids is 2. The maximum Gasteiger partial charge on any atom is 0.243 e. The number of carbonyl (C=O) groups is 2. The molecule has 12 heteroatoms. The second kappa shape index (κ2) is 11.0. The summed E-state index contributed by atoms with van der Waals surface area (Å²) in [7, 11) is 0. The van der Waals surface area contributed by atoms with Crippen LogP contribution in [0.2, 0.25) is 0 Å². The fourth-order valence-electron chi connectivity index (χ4n) is 4.97. The van der Waals surface area contributed by atoms with Crippen molar-refractivity contribution >= 4 is 45.6 Å². The minimum atomic E-state index is -0.472. The van der Waals surface area contributed by atoms with Crippen molar-refractivity contribution in [1.82, 2.24) is 34.9 Å². The van der Waals surface area contributed by atoms with Gasteiger partial charge in [-0.3, -0.25) is 19.9 Å². The first-order valence-electron chi connectivity index (χ1n) is 13.2. The van der Waals surface area contributed by atoms with Crippen molar-refractivity contribution in [1.29, 1.82) is 0 Å². The molecule has 5 aromatic rings. The van der Waals surface area contributed by atoms with Crippen LogP contribution in [0, 0.1) is 0 Å². The van der Waals surface area contributed by atoms with Crippen LogP contribution in [-0.4, -0.2) is 72.7 Å². The Balaban J connectivity index is 1.11. The van der Waals surface area contributed by atoms with Crippen LogP contribution in [0.4, 0.5) is 17.2 Å². The third kappa shape index (κ3) is 5.29. The maximum absolute atomic E-state index is 12.5. The number of hydrogen-bond donors (Lipinski definition) is 4. The number of hydrogen-bond acceptors (Lipinski definition) is 8. The molecule has 40 heavy (non-hydrogen) atoms. The molecule has 0 unspecified atom stereocenters. The van der Waals surface area contributed by atoms with Crippen molar-refractivity contribution in [3.8, 4) is 11.3 Å². The summed E-state index contributed by atoms with van der Waals surface area (Å²) in [6.45, 7) is 2.72. The molecular formula is C28H29N9O3. The molecule has 2 amide bonds. The summed E-state index contributed by atoms with van der Waals surface area (Å²) >= 11 is 0. The molecule has 4 N–H and O–H groups in total. The molecule has 0 bridgehead atoms. The van der Waals surface area contributed by atoms with Crippen LogP contribution in [0.5, 0.6) is 0 Å². The topological polar surface area (TPSA) is 144 Å². The Morgan fingerprint density at radius 2 is 1.85 bits per heavy atom. The molecule has 12 nitrogen and oxygen atoms in total. The molecule has 1 saturated heterocycles. The highest BCUT2D eigenvalue weighted by molar-refractivity contribution is 5.84. The van der Waals surface area contributed by atoms with E-state index in [1.807, 2.05) is 52.0 Å². The zero-order valence-corrected chi connectivity index (χ0v) is 21.7. The Morgan fingerprint density at radius 1 is 1.02 bits per heavy atom. The summed E-state index contributed by atoms with van der Waals surface area (Å²) in [6, 6.07) is 14.2. The van der Waals surface area contributed by atoms with Gasteiger partial charge in [0.25, 0.3) is 0 Å². The number of imidazole rings is 1. The number of aromatic nitrogens is 5. The van der Waals surface area contributed by atoms with E-state index in [9.17, 15) is 9.59 Å². The van der Waals surface area contributed by atoms with Crippen molar-refractivity contribution in [2.75, 3.05) is 36.4 Å². The maximum atomic E-state index is 12.5. The highest BCUT2D eigenvalue weighted by Gasteiger charge is 2.21. The second-order valence-corrected chi connectivity index (χ2v) is 9.73. The number of rotatable bonds is 8.